The molecule has 0 aromatic rings. The van der Waals surface area contributed by atoms with Crippen LogP contribution in [0, 0.1) is 0 Å². The third-order valence-electron chi connectivity index (χ3n) is 2.56. The number of rotatable bonds is 4. The molecule has 3 nitrogen and oxygen atoms in total. The SMILES string of the molecule is CCCC[Si](C)(C)N1C(=O)C=CC1=O. The van der Waals surface area contributed by atoms with Crippen LogP contribution in [-0.4, -0.2) is 24.6 Å². The van der Waals surface area contributed by atoms with Crippen LogP contribution >= 0.6 is 0 Å². The van der Waals surface area contributed by atoms with Gasteiger partial charge in [-0.1, -0.05) is 32.9 Å². The van der Waals surface area contributed by atoms with Crippen molar-refractivity contribution in [1.82, 2.24) is 4.57 Å². The van der Waals surface area contributed by atoms with Crippen LogP contribution in [0.25, 0.3) is 0 Å². The van der Waals surface area contributed by atoms with Crippen molar-refractivity contribution in [2.75, 3.05) is 0 Å². The summed E-state index contributed by atoms with van der Waals surface area (Å²) >= 11 is 0. The van der Waals surface area contributed by atoms with Gasteiger partial charge in [0, 0.05) is 12.2 Å². The fourth-order valence-electron chi connectivity index (χ4n) is 1.72. The van der Waals surface area contributed by atoms with Crippen molar-refractivity contribution < 1.29 is 9.59 Å². The minimum absolute atomic E-state index is 0.122. The highest BCUT2D eigenvalue weighted by Crippen LogP contribution is 2.22. The van der Waals surface area contributed by atoms with E-state index in [1.165, 1.54) is 16.7 Å². The molecule has 0 aliphatic carbocycles. The lowest BCUT2D eigenvalue weighted by Gasteiger charge is -2.31. The zero-order valence-electron chi connectivity index (χ0n) is 9.04. The molecule has 0 N–H and O–H groups in total. The molecule has 1 heterocycles. The first-order chi connectivity index (χ1) is 6.49. The van der Waals surface area contributed by atoms with Crippen molar-refractivity contribution in [2.24, 2.45) is 0 Å². The predicted molar refractivity (Wildman–Crippen MR) is 58.2 cm³/mol. The van der Waals surface area contributed by atoms with Crippen LogP contribution in [0.15, 0.2) is 12.2 Å². The third-order valence-corrected chi connectivity index (χ3v) is 5.79. The van der Waals surface area contributed by atoms with E-state index >= 15 is 0 Å². The molecule has 1 rings (SSSR count). The fourth-order valence-corrected chi connectivity index (χ4v) is 4.50. The number of carbonyl (C=O) groups excluding carboxylic acids is 2. The molecule has 0 atom stereocenters. The van der Waals surface area contributed by atoms with Gasteiger partial charge in [-0.3, -0.25) is 9.59 Å². The number of hydrogen-bond acceptors (Lipinski definition) is 2. The lowest BCUT2D eigenvalue weighted by atomic mass is 10.4. The summed E-state index contributed by atoms with van der Waals surface area (Å²) in [7, 11) is -1.85. The van der Waals surface area contributed by atoms with E-state index in [4.69, 9.17) is 0 Å². The Balaban J connectivity index is 2.72. The molecule has 0 saturated heterocycles. The van der Waals surface area contributed by atoms with E-state index in [2.05, 4.69) is 20.0 Å². The minimum atomic E-state index is -1.85. The van der Waals surface area contributed by atoms with E-state index in [0.717, 1.165) is 18.9 Å². The van der Waals surface area contributed by atoms with E-state index in [-0.39, 0.29) is 11.8 Å². The number of unbranched alkanes of at least 4 members (excludes halogenated alkanes) is 1. The van der Waals surface area contributed by atoms with E-state index in [1.54, 1.807) is 0 Å². The number of nitrogens with zero attached hydrogens (tertiary/aromatic N) is 1. The topological polar surface area (TPSA) is 37.4 Å². The second-order valence-electron chi connectivity index (χ2n) is 4.26. The van der Waals surface area contributed by atoms with Gasteiger partial charge in [0.1, 0.15) is 0 Å². The van der Waals surface area contributed by atoms with Gasteiger partial charge in [0.2, 0.25) is 11.8 Å². The van der Waals surface area contributed by atoms with Gasteiger partial charge in [0.25, 0.3) is 0 Å². The van der Waals surface area contributed by atoms with Crippen LogP contribution in [0.3, 0.4) is 0 Å². The smallest absolute Gasteiger partial charge is 0.245 e. The average Bonchev–Trinajstić information content (AvgIpc) is 2.43. The molecular weight excluding hydrogens is 194 g/mol. The molecule has 0 saturated carbocycles. The molecule has 0 spiro atoms. The Morgan fingerprint density at radius 1 is 1.21 bits per heavy atom. The van der Waals surface area contributed by atoms with Gasteiger partial charge in [0.05, 0.1) is 0 Å². The Morgan fingerprint density at radius 3 is 2.14 bits per heavy atom. The van der Waals surface area contributed by atoms with Crippen LogP contribution in [-0.2, 0) is 9.59 Å². The first-order valence-corrected chi connectivity index (χ1v) is 8.20. The van der Waals surface area contributed by atoms with Crippen LogP contribution < -0.4 is 0 Å². The van der Waals surface area contributed by atoms with Gasteiger partial charge in [-0.25, -0.2) is 0 Å². The molecule has 1 aliphatic rings. The van der Waals surface area contributed by atoms with E-state index < -0.39 is 8.24 Å². The summed E-state index contributed by atoms with van der Waals surface area (Å²) in [6.07, 6.45) is 4.96. The highest BCUT2D eigenvalue weighted by molar-refractivity contribution is 6.79. The molecule has 4 heteroatoms. The highest BCUT2D eigenvalue weighted by atomic mass is 28.3. The van der Waals surface area contributed by atoms with Crippen LogP contribution in [0.5, 0.6) is 0 Å². The quantitative estimate of drug-likeness (QED) is 0.526. The molecule has 0 bridgehead atoms. The highest BCUT2D eigenvalue weighted by Gasteiger charge is 2.38. The van der Waals surface area contributed by atoms with Gasteiger partial charge < -0.3 is 4.57 Å². The molecule has 0 fully saturated rings. The number of carbonyl (C=O) groups is 2. The molecule has 0 unspecified atom stereocenters. The van der Waals surface area contributed by atoms with Crippen LogP contribution in [0.1, 0.15) is 19.8 Å². The summed E-state index contributed by atoms with van der Waals surface area (Å²) in [4.78, 5) is 22.9. The summed E-state index contributed by atoms with van der Waals surface area (Å²) < 4.78 is 1.49. The minimum Gasteiger partial charge on any atom is -0.305 e. The van der Waals surface area contributed by atoms with Crippen molar-refractivity contribution in [3.8, 4) is 0 Å². The van der Waals surface area contributed by atoms with Crippen LogP contribution in [0.2, 0.25) is 19.1 Å². The summed E-state index contributed by atoms with van der Waals surface area (Å²) in [5.41, 5.74) is 0. The van der Waals surface area contributed by atoms with E-state index in [1.807, 2.05) is 0 Å². The van der Waals surface area contributed by atoms with Gasteiger partial charge in [0.15, 0.2) is 8.24 Å². The fraction of sp³-hybridized carbons (Fsp3) is 0.600. The molecule has 0 aromatic heterocycles. The maximum absolute atomic E-state index is 11.4. The number of amides is 2. The lowest BCUT2D eigenvalue weighted by Crippen LogP contribution is -2.51. The van der Waals surface area contributed by atoms with Crippen molar-refractivity contribution in [2.45, 2.75) is 38.9 Å². The lowest BCUT2D eigenvalue weighted by molar-refractivity contribution is -0.131. The Kier molecular flexibility index (Phi) is 3.26. The molecule has 0 radical (unpaired) electrons. The Hall–Kier alpha value is -0.903. The first-order valence-electron chi connectivity index (χ1n) is 5.05. The van der Waals surface area contributed by atoms with Crippen molar-refractivity contribution >= 4 is 20.0 Å². The summed E-state index contributed by atoms with van der Waals surface area (Å²) in [6.45, 7) is 6.27. The predicted octanol–water partition coefficient (Wildman–Crippen LogP) is 1.92. The average molecular weight is 211 g/mol. The standard InChI is InChI=1S/C10H17NO2Si/c1-4-5-8-14(2,3)11-9(12)6-7-10(11)13/h6-7H,4-5,8H2,1-3H3. The second-order valence-corrected chi connectivity index (χ2v) is 8.83. The van der Waals surface area contributed by atoms with Crippen molar-refractivity contribution in [3.05, 3.63) is 12.2 Å². The zero-order valence-corrected chi connectivity index (χ0v) is 10.0. The van der Waals surface area contributed by atoms with Gasteiger partial charge in [-0.15, -0.1) is 0 Å². The second kappa shape index (κ2) is 4.08. The molecule has 0 aromatic carbocycles. The van der Waals surface area contributed by atoms with Crippen molar-refractivity contribution in [1.29, 1.82) is 0 Å². The summed E-state index contributed by atoms with van der Waals surface area (Å²) in [5, 5.41) is 0. The maximum atomic E-state index is 11.4. The Bertz CT molecular complexity index is 266. The molecule has 2 amide bonds. The maximum Gasteiger partial charge on any atom is 0.245 e. The van der Waals surface area contributed by atoms with Crippen molar-refractivity contribution in [3.63, 3.8) is 0 Å². The summed E-state index contributed by atoms with van der Waals surface area (Å²) in [5.74, 6) is -0.245. The number of imide groups is 1. The molecule has 1 aliphatic heterocycles. The molecule has 14 heavy (non-hydrogen) atoms. The third kappa shape index (κ3) is 2.12. The largest absolute Gasteiger partial charge is 0.305 e. The molecular formula is C10H17NO2Si. The van der Waals surface area contributed by atoms with E-state index in [0.29, 0.717) is 0 Å². The monoisotopic (exact) mass is 211 g/mol. The normalized spacial score (nSPS) is 16.9. The zero-order chi connectivity index (χ0) is 10.8. The Labute approximate surface area is 85.9 Å². The summed E-state index contributed by atoms with van der Waals surface area (Å²) in [6, 6.07) is 1.00. The molecule has 78 valence electrons. The number of hydrogen-bond donors (Lipinski definition) is 0. The first kappa shape index (κ1) is 11.2. The van der Waals surface area contributed by atoms with E-state index in [9.17, 15) is 9.59 Å². The Morgan fingerprint density at radius 2 is 1.71 bits per heavy atom. The van der Waals surface area contributed by atoms with Gasteiger partial charge in [-0.2, -0.15) is 0 Å². The van der Waals surface area contributed by atoms with Gasteiger partial charge >= 0.3 is 0 Å². The van der Waals surface area contributed by atoms with Crippen LogP contribution in [0.4, 0.5) is 0 Å². The van der Waals surface area contributed by atoms with Gasteiger partial charge in [-0.05, 0) is 6.04 Å².